The van der Waals surface area contributed by atoms with Crippen molar-refractivity contribution in [1.82, 2.24) is 24.6 Å². The molecule has 0 spiro atoms. The average molecular weight is 438 g/mol. The van der Waals surface area contributed by atoms with Crippen LogP contribution in [0.25, 0.3) is 17.1 Å². The highest BCUT2D eigenvalue weighted by molar-refractivity contribution is 7.99. The van der Waals surface area contributed by atoms with E-state index in [-0.39, 0.29) is 18.0 Å². The molecule has 1 fully saturated rings. The van der Waals surface area contributed by atoms with Gasteiger partial charge in [0.25, 0.3) is 0 Å². The van der Waals surface area contributed by atoms with Crippen LogP contribution in [0.3, 0.4) is 0 Å². The van der Waals surface area contributed by atoms with Gasteiger partial charge in [-0.05, 0) is 57.4 Å². The summed E-state index contributed by atoms with van der Waals surface area (Å²) in [5.74, 6) is 1.82. The highest BCUT2D eigenvalue weighted by Gasteiger charge is 2.29. The highest BCUT2D eigenvalue weighted by Crippen LogP contribution is 2.33. The molecule has 0 radical (unpaired) electrons. The molecule has 162 valence electrons. The van der Waals surface area contributed by atoms with E-state index >= 15 is 0 Å². The van der Waals surface area contributed by atoms with Gasteiger partial charge in [-0.3, -0.25) is 14.3 Å². The molecule has 2 atom stereocenters. The number of likely N-dealkylation sites (tertiary alicyclic amines) is 1. The zero-order valence-electron chi connectivity index (χ0n) is 18.1. The van der Waals surface area contributed by atoms with Crippen LogP contribution in [0.2, 0.25) is 0 Å². The Kier molecular flexibility index (Phi) is 6.56. The van der Waals surface area contributed by atoms with Crippen LogP contribution < -0.4 is 4.74 Å². The second kappa shape index (κ2) is 9.51. The molecule has 0 aliphatic carbocycles. The average Bonchev–Trinajstić information content (AvgIpc) is 3.22. The molecule has 3 heterocycles. The fourth-order valence-electron chi connectivity index (χ4n) is 4.19. The smallest absolute Gasteiger partial charge is 0.233 e. The molecule has 1 saturated heterocycles. The van der Waals surface area contributed by atoms with Crippen LogP contribution in [0.4, 0.5) is 0 Å². The van der Waals surface area contributed by atoms with E-state index in [4.69, 9.17) is 4.74 Å². The molecule has 1 amide bonds. The fourth-order valence-corrected chi connectivity index (χ4v) is 5.00. The molecule has 4 rings (SSSR count). The molecular weight excluding hydrogens is 410 g/mol. The van der Waals surface area contributed by atoms with E-state index in [1.54, 1.807) is 19.5 Å². The maximum absolute atomic E-state index is 13.1. The second-order valence-corrected chi connectivity index (χ2v) is 8.72. The van der Waals surface area contributed by atoms with Crippen LogP contribution in [-0.2, 0) is 4.79 Å². The highest BCUT2D eigenvalue weighted by atomic mass is 32.2. The third-order valence-electron chi connectivity index (χ3n) is 5.69. The van der Waals surface area contributed by atoms with Crippen molar-refractivity contribution in [1.29, 1.82) is 0 Å². The van der Waals surface area contributed by atoms with Gasteiger partial charge in [0.1, 0.15) is 5.75 Å². The summed E-state index contributed by atoms with van der Waals surface area (Å²) >= 11 is 1.40. The molecule has 0 N–H and O–H groups in total. The number of pyridine rings is 1. The van der Waals surface area contributed by atoms with E-state index in [0.717, 1.165) is 24.1 Å². The number of methoxy groups -OCH3 is 1. The van der Waals surface area contributed by atoms with Crippen LogP contribution in [0.15, 0.2) is 53.9 Å². The first-order valence-electron chi connectivity index (χ1n) is 10.5. The molecule has 1 aliphatic rings. The summed E-state index contributed by atoms with van der Waals surface area (Å²) < 4.78 is 7.53. The number of hydrogen-bond acceptors (Lipinski definition) is 6. The number of aromatic nitrogens is 4. The molecule has 2 aromatic heterocycles. The van der Waals surface area contributed by atoms with Crippen molar-refractivity contribution in [3.63, 3.8) is 0 Å². The summed E-state index contributed by atoms with van der Waals surface area (Å²) in [6.07, 6.45) is 6.78. The maximum atomic E-state index is 13.1. The van der Waals surface area contributed by atoms with Gasteiger partial charge < -0.3 is 9.64 Å². The number of piperidine rings is 1. The number of thioether (sulfide) groups is 1. The second-order valence-electron chi connectivity index (χ2n) is 7.77. The number of hydrogen-bond donors (Lipinski definition) is 0. The quantitative estimate of drug-likeness (QED) is 0.538. The van der Waals surface area contributed by atoms with Gasteiger partial charge >= 0.3 is 0 Å². The summed E-state index contributed by atoms with van der Waals surface area (Å²) in [5.41, 5.74) is 1.67. The number of nitrogens with zero attached hydrogens (tertiary/aromatic N) is 5. The van der Waals surface area contributed by atoms with Gasteiger partial charge in [-0.2, -0.15) is 0 Å². The molecule has 0 saturated carbocycles. The van der Waals surface area contributed by atoms with Gasteiger partial charge in [0, 0.05) is 30.0 Å². The van der Waals surface area contributed by atoms with Crippen molar-refractivity contribution in [2.45, 2.75) is 50.4 Å². The number of ether oxygens (including phenoxy) is 1. The van der Waals surface area contributed by atoms with Crippen LogP contribution in [-0.4, -0.2) is 55.5 Å². The van der Waals surface area contributed by atoms with Crippen molar-refractivity contribution in [3.8, 4) is 22.8 Å². The van der Waals surface area contributed by atoms with E-state index in [2.05, 4.69) is 29.0 Å². The van der Waals surface area contributed by atoms with Crippen molar-refractivity contribution >= 4 is 17.7 Å². The summed E-state index contributed by atoms with van der Waals surface area (Å²) in [7, 11) is 1.64. The molecule has 8 heteroatoms. The Morgan fingerprint density at radius 1 is 1.13 bits per heavy atom. The van der Waals surface area contributed by atoms with Gasteiger partial charge in [0.15, 0.2) is 11.0 Å². The van der Waals surface area contributed by atoms with Crippen molar-refractivity contribution in [3.05, 3.63) is 48.8 Å². The molecule has 1 aromatic carbocycles. The Balaban J connectivity index is 1.67. The molecule has 0 bridgehead atoms. The van der Waals surface area contributed by atoms with Crippen LogP contribution in [0, 0.1) is 0 Å². The lowest BCUT2D eigenvalue weighted by molar-refractivity contribution is -0.134. The maximum Gasteiger partial charge on any atom is 0.233 e. The van der Waals surface area contributed by atoms with Gasteiger partial charge in [-0.1, -0.05) is 23.9 Å². The number of benzene rings is 1. The third kappa shape index (κ3) is 4.44. The van der Waals surface area contributed by atoms with Crippen molar-refractivity contribution < 1.29 is 9.53 Å². The normalized spacial score (nSPS) is 18.7. The van der Waals surface area contributed by atoms with Gasteiger partial charge in [-0.15, -0.1) is 10.2 Å². The lowest BCUT2D eigenvalue weighted by atomic mass is 9.98. The van der Waals surface area contributed by atoms with Crippen molar-refractivity contribution in [2.24, 2.45) is 0 Å². The lowest BCUT2D eigenvalue weighted by Gasteiger charge is -2.39. The van der Waals surface area contributed by atoms with Crippen molar-refractivity contribution in [2.75, 3.05) is 12.9 Å². The predicted molar refractivity (Wildman–Crippen MR) is 121 cm³/mol. The summed E-state index contributed by atoms with van der Waals surface area (Å²) in [6.45, 7) is 4.27. The molecular formula is C23H27N5O2S. The first-order valence-corrected chi connectivity index (χ1v) is 11.5. The Morgan fingerprint density at radius 3 is 2.61 bits per heavy atom. The number of para-hydroxylation sites is 2. The predicted octanol–water partition coefficient (Wildman–Crippen LogP) is 4.22. The summed E-state index contributed by atoms with van der Waals surface area (Å²) in [5, 5.41) is 9.50. The minimum absolute atomic E-state index is 0.141. The summed E-state index contributed by atoms with van der Waals surface area (Å²) in [6, 6.07) is 12.1. The number of amides is 1. The van der Waals surface area contributed by atoms with Crippen LogP contribution in [0.5, 0.6) is 5.75 Å². The monoisotopic (exact) mass is 437 g/mol. The molecule has 31 heavy (non-hydrogen) atoms. The number of rotatable bonds is 6. The number of carbonyl (C=O) groups is 1. The first-order chi connectivity index (χ1) is 15.1. The van der Waals surface area contributed by atoms with Crippen LogP contribution >= 0.6 is 11.8 Å². The lowest BCUT2D eigenvalue weighted by Crippen LogP contribution is -2.48. The standard InChI is InChI=1S/C23H27N5O2S/c1-16-8-6-9-17(2)27(16)21(29)15-31-23-26-25-22(18-10-7-13-24-14-18)28(23)19-11-4-5-12-20(19)30-3/h4-5,7,10-14,16-17H,6,8-9,15H2,1-3H3/t16-,17+. The molecule has 7 nitrogen and oxygen atoms in total. The Morgan fingerprint density at radius 2 is 1.90 bits per heavy atom. The number of carbonyl (C=O) groups excluding carboxylic acids is 1. The first kappa shape index (κ1) is 21.4. The molecule has 0 unspecified atom stereocenters. The van der Waals surface area contributed by atoms with E-state index in [9.17, 15) is 4.79 Å². The van der Waals surface area contributed by atoms with Crippen LogP contribution in [0.1, 0.15) is 33.1 Å². The minimum atomic E-state index is 0.141. The Hall–Kier alpha value is -2.87. The van der Waals surface area contributed by atoms with Gasteiger partial charge in [-0.25, -0.2) is 0 Å². The zero-order chi connectivity index (χ0) is 21.8. The minimum Gasteiger partial charge on any atom is -0.495 e. The van der Waals surface area contributed by atoms with Gasteiger partial charge in [0.05, 0.1) is 18.6 Å². The SMILES string of the molecule is COc1ccccc1-n1c(SCC(=O)N2[C@H](C)CCC[C@@H]2C)nnc1-c1cccnc1. The summed E-state index contributed by atoms with van der Waals surface area (Å²) in [4.78, 5) is 19.3. The fraction of sp³-hybridized carbons (Fsp3) is 0.391. The largest absolute Gasteiger partial charge is 0.495 e. The van der Waals surface area contributed by atoms with E-state index in [0.29, 0.717) is 22.5 Å². The Labute approximate surface area is 186 Å². The molecule has 1 aliphatic heterocycles. The van der Waals surface area contributed by atoms with Gasteiger partial charge in [0.2, 0.25) is 5.91 Å². The zero-order valence-corrected chi connectivity index (χ0v) is 18.9. The Bertz CT molecular complexity index is 1030. The topological polar surface area (TPSA) is 73.1 Å². The third-order valence-corrected chi connectivity index (χ3v) is 6.60. The van der Waals surface area contributed by atoms with E-state index < -0.39 is 0 Å². The van der Waals surface area contributed by atoms with E-state index in [1.165, 1.54) is 18.2 Å². The molecule has 3 aromatic rings. The van der Waals surface area contributed by atoms with E-state index in [1.807, 2.05) is 45.9 Å².